The molecule has 2 N–H and O–H groups in total. The van der Waals surface area contributed by atoms with Crippen molar-refractivity contribution in [2.75, 3.05) is 18.9 Å². The highest BCUT2D eigenvalue weighted by Crippen LogP contribution is 2.31. The number of ether oxygens (including phenoxy) is 1. The number of amides is 1. The molecule has 0 unspecified atom stereocenters. The number of nitrogens with two attached hydrogens (primary N) is 1. The average Bonchev–Trinajstić information content (AvgIpc) is 3.01. The summed E-state index contributed by atoms with van der Waals surface area (Å²) in [5.74, 6) is 0.846. The van der Waals surface area contributed by atoms with Gasteiger partial charge in [0, 0.05) is 24.8 Å². The highest BCUT2D eigenvalue weighted by atomic mass is 16.5. The normalized spacial score (nSPS) is 16.1. The van der Waals surface area contributed by atoms with E-state index in [1.54, 1.807) is 6.92 Å². The van der Waals surface area contributed by atoms with Crippen molar-refractivity contribution in [1.82, 2.24) is 9.88 Å². The number of rotatable bonds is 3. The summed E-state index contributed by atoms with van der Waals surface area (Å²) in [5, 5.41) is 0.848. The third kappa shape index (κ3) is 4.33. The Kier molecular flexibility index (Phi) is 6.08. The van der Waals surface area contributed by atoms with Gasteiger partial charge in [-0.3, -0.25) is 9.78 Å². The summed E-state index contributed by atoms with van der Waals surface area (Å²) >= 11 is 0. The van der Waals surface area contributed by atoms with Crippen molar-refractivity contribution >= 4 is 28.6 Å². The van der Waals surface area contributed by atoms with Crippen LogP contribution in [0.15, 0.2) is 24.3 Å². The van der Waals surface area contributed by atoms with Gasteiger partial charge >= 0.3 is 6.15 Å². The molecule has 1 aromatic heterocycles. The average molecular weight is 343 g/mol. The molecule has 1 amide bonds. The van der Waals surface area contributed by atoms with Gasteiger partial charge in [0.15, 0.2) is 0 Å². The van der Waals surface area contributed by atoms with E-state index < -0.39 is 0 Å². The van der Waals surface area contributed by atoms with Crippen LogP contribution in [0.25, 0.3) is 10.9 Å². The van der Waals surface area contributed by atoms with Crippen molar-refractivity contribution in [1.29, 1.82) is 0 Å². The highest BCUT2D eigenvalue weighted by molar-refractivity contribution is 5.95. The molecule has 1 atom stereocenters. The fourth-order valence-corrected chi connectivity index (χ4v) is 3.15. The third-order valence-corrected chi connectivity index (χ3v) is 4.17. The maximum Gasteiger partial charge on any atom is 0.373 e. The zero-order valence-corrected chi connectivity index (χ0v) is 14.3. The third-order valence-electron chi connectivity index (χ3n) is 4.17. The van der Waals surface area contributed by atoms with E-state index >= 15 is 0 Å². The lowest BCUT2D eigenvalue weighted by Crippen LogP contribution is -2.37. The summed E-state index contributed by atoms with van der Waals surface area (Å²) in [6.07, 6.45) is 2.27. The SMILES string of the molecule is CC(=O)N1CCC[C@@H]1COc1cccc2nc(C)cc(N)c12.O=C=O. The standard InChI is InChI=1S/C17H21N3O2.CO2/c1-11-9-14(18)17-15(19-11)6-3-7-16(17)22-10-13-5-4-8-20(13)12(2)21;2-1-3/h3,6-7,9,13H,4-5,8,10H2,1-2H3,(H2,18,19);/t13-;/m1./s1. The molecule has 0 bridgehead atoms. The maximum absolute atomic E-state index is 11.6. The summed E-state index contributed by atoms with van der Waals surface area (Å²) in [4.78, 5) is 34.2. The molecule has 132 valence electrons. The van der Waals surface area contributed by atoms with Crippen LogP contribution in [0.2, 0.25) is 0 Å². The molecule has 1 aliphatic heterocycles. The van der Waals surface area contributed by atoms with Crippen molar-refractivity contribution in [3.05, 3.63) is 30.0 Å². The Balaban J connectivity index is 0.000000701. The van der Waals surface area contributed by atoms with Crippen LogP contribution in [0.3, 0.4) is 0 Å². The van der Waals surface area contributed by atoms with E-state index in [2.05, 4.69) is 4.98 Å². The Morgan fingerprint density at radius 2 is 2.16 bits per heavy atom. The second-order valence-corrected chi connectivity index (χ2v) is 5.91. The molecule has 3 rings (SSSR count). The van der Waals surface area contributed by atoms with Crippen LogP contribution in [0, 0.1) is 6.92 Å². The van der Waals surface area contributed by atoms with Gasteiger partial charge in [0.2, 0.25) is 5.91 Å². The smallest absolute Gasteiger partial charge is 0.373 e. The Labute approximate surface area is 145 Å². The molecule has 0 saturated carbocycles. The van der Waals surface area contributed by atoms with Gasteiger partial charge in [0.25, 0.3) is 0 Å². The summed E-state index contributed by atoms with van der Waals surface area (Å²) in [5.41, 5.74) is 8.53. The number of benzene rings is 1. The largest absolute Gasteiger partial charge is 0.491 e. The number of hydrogen-bond acceptors (Lipinski definition) is 6. The Bertz CT molecular complexity index is 800. The fourth-order valence-electron chi connectivity index (χ4n) is 3.15. The first-order valence-electron chi connectivity index (χ1n) is 8.03. The van der Waals surface area contributed by atoms with E-state index in [0.29, 0.717) is 12.3 Å². The molecular weight excluding hydrogens is 322 g/mol. The van der Waals surface area contributed by atoms with Crippen LogP contribution in [0.1, 0.15) is 25.5 Å². The molecular formula is C18H21N3O4. The Morgan fingerprint density at radius 3 is 2.84 bits per heavy atom. The first-order valence-corrected chi connectivity index (χ1v) is 8.03. The van der Waals surface area contributed by atoms with E-state index in [-0.39, 0.29) is 18.1 Å². The van der Waals surface area contributed by atoms with Crippen molar-refractivity contribution in [2.45, 2.75) is 32.7 Å². The monoisotopic (exact) mass is 343 g/mol. The number of hydrogen-bond donors (Lipinski definition) is 1. The van der Waals surface area contributed by atoms with Crippen LogP contribution < -0.4 is 10.5 Å². The predicted octanol–water partition coefficient (Wildman–Crippen LogP) is 1.93. The first-order chi connectivity index (χ1) is 12.0. The molecule has 1 aromatic carbocycles. The molecule has 25 heavy (non-hydrogen) atoms. The van der Waals surface area contributed by atoms with Crippen molar-refractivity contribution in [3.8, 4) is 5.75 Å². The zero-order valence-electron chi connectivity index (χ0n) is 14.3. The minimum atomic E-state index is 0.112. The Hall–Kier alpha value is -2.92. The van der Waals surface area contributed by atoms with Gasteiger partial charge in [0.05, 0.1) is 16.9 Å². The lowest BCUT2D eigenvalue weighted by atomic mass is 10.1. The molecule has 7 heteroatoms. The lowest BCUT2D eigenvalue weighted by Gasteiger charge is -2.23. The number of nitrogens with zero attached hydrogens (tertiary/aromatic N) is 2. The van der Waals surface area contributed by atoms with Crippen LogP contribution in [-0.4, -0.2) is 41.1 Å². The summed E-state index contributed by atoms with van der Waals surface area (Å²) in [7, 11) is 0. The maximum atomic E-state index is 11.6. The van der Waals surface area contributed by atoms with Gasteiger partial charge < -0.3 is 15.4 Å². The van der Waals surface area contributed by atoms with Gasteiger partial charge in [-0.15, -0.1) is 0 Å². The fraction of sp³-hybridized carbons (Fsp3) is 0.389. The topological polar surface area (TPSA) is 103 Å². The predicted molar refractivity (Wildman–Crippen MR) is 91.8 cm³/mol. The van der Waals surface area contributed by atoms with Gasteiger partial charge in [-0.1, -0.05) is 6.07 Å². The number of carbonyl (C=O) groups excluding carboxylic acids is 3. The van der Waals surface area contributed by atoms with Crippen LogP contribution in [0.5, 0.6) is 5.75 Å². The van der Waals surface area contributed by atoms with E-state index in [9.17, 15) is 4.79 Å². The molecule has 2 aromatic rings. The molecule has 2 heterocycles. The van der Waals surface area contributed by atoms with Gasteiger partial charge in [-0.25, -0.2) is 0 Å². The van der Waals surface area contributed by atoms with Gasteiger partial charge in [0.1, 0.15) is 12.4 Å². The number of likely N-dealkylation sites (tertiary alicyclic amines) is 1. The van der Waals surface area contributed by atoms with Crippen molar-refractivity contribution in [3.63, 3.8) is 0 Å². The summed E-state index contributed by atoms with van der Waals surface area (Å²) in [6.45, 7) is 4.85. The zero-order chi connectivity index (χ0) is 18.4. The van der Waals surface area contributed by atoms with E-state index in [1.807, 2.05) is 36.1 Å². The second-order valence-electron chi connectivity index (χ2n) is 5.91. The summed E-state index contributed by atoms with van der Waals surface area (Å²) < 4.78 is 5.99. The van der Waals surface area contributed by atoms with E-state index in [0.717, 1.165) is 41.7 Å². The van der Waals surface area contributed by atoms with Crippen LogP contribution >= 0.6 is 0 Å². The Morgan fingerprint density at radius 1 is 1.44 bits per heavy atom. The van der Waals surface area contributed by atoms with Crippen LogP contribution in [0.4, 0.5) is 5.69 Å². The van der Waals surface area contributed by atoms with Crippen molar-refractivity contribution < 1.29 is 19.1 Å². The molecule has 1 saturated heterocycles. The highest BCUT2D eigenvalue weighted by Gasteiger charge is 2.27. The molecule has 0 spiro atoms. The minimum Gasteiger partial charge on any atom is -0.491 e. The number of carbonyl (C=O) groups is 1. The summed E-state index contributed by atoms with van der Waals surface area (Å²) in [6, 6.07) is 7.76. The molecule has 0 aliphatic carbocycles. The molecule has 7 nitrogen and oxygen atoms in total. The molecule has 1 aliphatic rings. The van der Waals surface area contributed by atoms with Gasteiger partial charge in [-0.05, 0) is 38.0 Å². The number of anilines is 1. The van der Waals surface area contributed by atoms with Crippen molar-refractivity contribution in [2.24, 2.45) is 0 Å². The quantitative estimate of drug-likeness (QED) is 0.913. The number of aromatic nitrogens is 1. The van der Waals surface area contributed by atoms with E-state index in [4.69, 9.17) is 20.1 Å². The van der Waals surface area contributed by atoms with Crippen LogP contribution in [-0.2, 0) is 14.4 Å². The van der Waals surface area contributed by atoms with Gasteiger partial charge in [-0.2, -0.15) is 9.59 Å². The number of fused-ring (bicyclic) bond motifs is 1. The number of aryl methyl sites for hydroxylation is 1. The first kappa shape index (κ1) is 18.4. The van der Waals surface area contributed by atoms with E-state index in [1.165, 1.54) is 0 Å². The molecule has 0 radical (unpaired) electrons. The lowest BCUT2D eigenvalue weighted by molar-refractivity contribution is -0.191. The molecule has 1 fully saturated rings. The number of nitrogen functional groups attached to an aromatic ring is 1. The minimum absolute atomic E-state index is 0.112. The second kappa shape index (κ2) is 8.26. The number of pyridine rings is 1.